The van der Waals surface area contributed by atoms with Gasteiger partial charge in [-0.2, -0.15) is 0 Å². The number of esters is 1. The van der Waals surface area contributed by atoms with Crippen LogP contribution in [0.15, 0.2) is 121 Å². The summed E-state index contributed by atoms with van der Waals surface area (Å²) in [4.78, 5) is 12.4. The van der Waals surface area contributed by atoms with E-state index in [0.29, 0.717) is 5.56 Å². The summed E-state index contributed by atoms with van der Waals surface area (Å²) in [6, 6.07) is 38.2. The van der Waals surface area contributed by atoms with Gasteiger partial charge in [0.05, 0.1) is 18.8 Å². The van der Waals surface area contributed by atoms with Gasteiger partial charge in [-0.15, -0.1) is 0 Å². The molecular formula is C31H27FO4. The molecule has 0 unspecified atom stereocenters. The Balaban J connectivity index is 1.41. The molecule has 5 rings (SSSR count). The van der Waals surface area contributed by atoms with Gasteiger partial charge < -0.3 is 14.2 Å². The van der Waals surface area contributed by atoms with Crippen LogP contribution in [-0.2, 0) is 19.8 Å². The van der Waals surface area contributed by atoms with Gasteiger partial charge in [0.2, 0.25) is 0 Å². The van der Waals surface area contributed by atoms with Crippen molar-refractivity contribution in [2.24, 2.45) is 0 Å². The molecule has 3 atom stereocenters. The van der Waals surface area contributed by atoms with Crippen LogP contribution >= 0.6 is 0 Å². The predicted molar refractivity (Wildman–Crippen MR) is 135 cm³/mol. The molecule has 4 nitrogen and oxygen atoms in total. The highest BCUT2D eigenvalue weighted by atomic mass is 19.1. The number of carbonyl (C=O) groups is 1. The highest BCUT2D eigenvalue weighted by molar-refractivity contribution is 5.89. The molecule has 5 heteroatoms. The van der Waals surface area contributed by atoms with Crippen molar-refractivity contribution in [3.8, 4) is 0 Å². The van der Waals surface area contributed by atoms with Crippen molar-refractivity contribution >= 4 is 5.97 Å². The molecule has 1 heterocycles. The first-order chi connectivity index (χ1) is 17.7. The number of hydrogen-bond acceptors (Lipinski definition) is 4. The first-order valence-corrected chi connectivity index (χ1v) is 12.0. The van der Waals surface area contributed by atoms with Crippen molar-refractivity contribution in [2.45, 2.75) is 24.0 Å². The molecule has 0 N–H and O–H groups in total. The third-order valence-corrected chi connectivity index (χ3v) is 6.46. The number of benzene rings is 4. The van der Waals surface area contributed by atoms with Gasteiger partial charge in [0.25, 0.3) is 0 Å². The van der Waals surface area contributed by atoms with Gasteiger partial charge in [0.1, 0.15) is 11.7 Å². The van der Waals surface area contributed by atoms with Crippen molar-refractivity contribution < 1.29 is 23.4 Å². The summed E-state index contributed by atoms with van der Waals surface area (Å²) in [5.41, 5.74) is 2.15. The summed E-state index contributed by atoms with van der Waals surface area (Å²) < 4.78 is 33.3. The molecule has 1 aliphatic heterocycles. The van der Waals surface area contributed by atoms with E-state index in [9.17, 15) is 4.79 Å². The maximum atomic E-state index is 15.4. The molecular weight excluding hydrogens is 455 g/mol. The minimum absolute atomic E-state index is 0.0250. The van der Waals surface area contributed by atoms with Crippen LogP contribution in [0, 0.1) is 0 Å². The van der Waals surface area contributed by atoms with E-state index in [2.05, 4.69) is 0 Å². The van der Waals surface area contributed by atoms with Crippen LogP contribution in [-0.4, -0.2) is 37.6 Å². The van der Waals surface area contributed by atoms with E-state index < -0.39 is 29.9 Å². The maximum absolute atomic E-state index is 15.4. The van der Waals surface area contributed by atoms with Crippen LogP contribution in [0.4, 0.5) is 4.39 Å². The largest absolute Gasteiger partial charge is 0.453 e. The first kappa shape index (κ1) is 23.9. The molecule has 0 bridgehead atoms. The minimum atomic E-state index is -1.52. The first-order valence-electron chi connectivity index (χ1n) is 12.0. The zero-order valence-electron chi connectivity index (χ0n) is 19.7. The van der Waals surface area contributed by atoms with Crippen molar-refractivity contribution in [3.63, 3.8) is 0 Å². The van der Waals surface area contributed by atoms with Crippen molar-refractivity contribution in [1.29, 1.82) is 0 Å². The second-order valence-electron chi connectivity index (χ2n) is 8.72. The van der Waals surface area contributed by atoms with E-state index >= 15 is 4.39 Å². The normalized spacial score (nSPS) is 19.6. The summed E-state index contributed by atoms with van der Waals surface area (Å²) in [5.74, 6) is -0.569. The minimum Gasteiger partial charge on any atom is -0.453 e. The number of ether oxygens (including phenoxy) is 3. The Kier molecular flexibility index (Phi) is 7.21. The summed E-state index contributed by atoms with van der Waals surface area (Å²) in [6.45, 7) is -0.0536. The Labute approximate surface area is 210 Å². The van der Waals surface area contributed by atoms with Gasteiger partial charge in [-0.05, 0) is 28.8 Å². The van der Waals surface area contributed by atoms with Crippen LogP contribution in [0.2, 0.25) is 0 Å². The standard InChI is InChI=1S/C31H27FO4/c32-29-27(34-21-28(29)36-30(33)23-13-5-1-6-14-23)22-35-31(24-15-7-2-8-16-24,25-17-9-3-10-18-25)26-19-11-4-12-20-26/h1-20,27-29H,21-22H2/t27-,28-,29-/m1/s1. The van der Waals surface area contributed by atoms with E-state index in [-0.39, 0.29) is 13.2 Å². The molecule has 182 valence electrons. The van der Waals surface area contributed by atoms with E-state index in [1.165, 1.54) is 0 Å². The highest BCUT2D eigenvalue weighted by Crippen LogP contribution is 2.41. The lowest BCUT2D eigenvalue weighted by Crippen LogP contribution is -2.39. The molecule has 1 aliphatic rings. The maximum Gasteiger partial charge on any atom is 0.338 e. The Bertz CT molecular complexity index is 1150. The predicted octanol–water partition coefficient (Wildman–Crippen LogP) is 5.96. The lowest BCUT2D eigenvalue weighted by molar-refractivity contribution is -0.0593. The van der Waals surface area contributed by atoms with E-state index in [4.69, 9.17) is 14.2 Å². The molecule has 0 aliphatic carbocycles. The monoisotopic (exact) mass is 482 g/mol. The smallest absolute Gasteiger partial charge is 0.338 e. The zero-order valence-corrected chi connectivity index (χ0v) is 19.7. The number of rotatable bonds is 8. The third-order valence-electron chi connectivity index (χ3n) is 6.46. The molecule has 0 amide bonds. The lowest BCUT2D eigenvalue weighted by Gasteiger charge is -2.36. The molecule has 4 aromatic carbocycles. The summed E-state index contributed by atoms with van der Waals surface area (Å²) in [6.07, 6.45) is -3.39. The molecule has 1 fully saturated rings. The number of alkyl halides is 1. The topological polar surface area (TPSA) is 44.8 Å². The van der Waals surface area contributed by atoms with Crippen LogP contribution in [0.25, 0.3) is 0 Å². The second kappa shape index (κ2) is 10.9. The fourth-order valence-electron chi connectivity index (χ4n) is 4.64. The SMILES string of the molecule is O=C(O[C@@H]1CO[C@H](COC(c2ccccc2)(c2ccccc2)c2ccccc2)[C@H]1F)c1ccccc1. The van der Waals surface area contributed by atoms with E-state index in [1.54, 1.807) is 30.3 Å². The van der Waals surface area contributed by atoms with Crippen LogP contribution in [0.5, 0.6) is 0 Å². The molecule has 0 aromatic heterocycles. The summed E-state index contributed by atoms with van der Waals surface area (Å²) >= 11 is 0. The quantitative estimate of drug-likeness (QED) is 0.230. The highest BCUT2D eigenvalue weighted by Gasteiger charge is 2.44. The number of hydrogen-bond donors (Lipinski definition) is 0. The van der Waals surface area contributed by atoms with Crippen LogP contribution in [0.3, 0.4) is 0 Å². The molecule has 0 radical (unpaired) electrons. The second-order valence-corrected chi connectivity index (χ2v) is 8.72. The Morgan fingerprint density at radius 2 is 1.19 bits per heavy atom. The number of carbonyl (C=O) groups excluding carboxylic acids is 1. The van der Waals surface area contributed by atoms with Crippen LogP contribution < -0.4 is 0 Å². The molecule has 1 saturated heterocycles. The van der Waals surface area contributed by atoms with Gasteiger partial charge >= 0.3 is 5.97 Å². The fourth-order valence-corrected chi connectivity index (χ4v) is 4.64. The average Bonchev–Trinajstić information content (AvgIpc) is 3.30. The fraction of sp³-hybridized carbons (Fsp3) is 0.194. The molecule has 4 aromatic rings. The van der Waals surface area contributed by atoms with Crippen LogP contribution in [0.1, 0.15) is 27.0 Å². The Morgan fingerprint density at radius 1 is 0.750 bits per heavy atom. The van der Waals surface area contributed by atoms with E-state index in [0.717, 1.165) is 16.7 Å². The lowest BCUT2D eigenvalue weighted by atomic mass is 9.80. The van der Waals surface area contributed by atoms with Gasteiger partial charge in [0, 0.05) is 0 Å². The van der Waals surface area contributed by atoms with Gasteiger partial charge in [-0.1, -0.05) is 109 Å². The van der Waals surface area contributed by atoms with E-state index in [1.807, 2.05) is 91.0 Å². The van der Waals surface area contributed by atoms with Crippen molar-refractivity contribution in [3.05, 3.63) is 144 Å². The molecule has 0 spiro atoms. The molecule has 36 heavy (non-hydrogen) atoms. The Morgan fingerprint density at radius 3 is 1.67 bits per heavy atom. The Hall–Kier alpha value is -3.80. The summed E-state index contributed by atoms with van der Waals surface area (Å²) in [7, 11) is 0. The third kappa shape index (κ3) is 4.81. The average molecular weight is 483 g/mol. The summed E-state index contributed by atoms with van der Waals surface area (Å²) in [5, 5.41) is 0. The van der Waals surface area contributed by atoms with Gasteiger partial charge in [-0.25, -0.2) is 9.18 Å². The van der Waals surface area contributed by atoms with Crippen molar-refractivity contribution in [1.82, 2.24) is 0 Å². The molecule has 0 saturated carbocycles. The zero-order chi connectivity index (χ0) is 24.8. The van der Waals surface area contributed by atoms with Crippen molar-refractivity contribution in [2.75, 3.05) is 13.2 Å². The van der Waals surface area contributed by atoms with Gasteiger partial charge in [-0.3, -0.25) is 0 Å². The number of halogens is 1. The van der Waals surface area contributed by atoms with Gasteiger partial charge in [0.15, 0.2) is 12.3 Å².